The average molecular weight is 588 g/mol. The summed E-state index contributed by atoms with van der Waals surface area (Å²) in [5, 5.41) is 17.1. The van der Waals surface area contributed by atoms with Crippen molar-refractivity contribution in [2.75, 3.05) is 49.2 Å². The topological polar surface area (TPSA) is 73.3 Å². The summed E-state index contributed by atoms with van der Waals surface area (Å²) in [6.07, 6.45) is 8.17. The summed E-state index contributed by atoms with van der Waals surface area (Å²) < 4.78 is 13.4. The van der Waals surface area contributed by atoms with Crippen LogP contribution in [0, 0.1) is 0 Å². The predicted octanol–water partition coefficient (Wildman–Crippen LogP) is 4.87. The van der Waals surface area contributed by atoms with Gasteiger partial charge in [0.15, 0.2) is 0 Å². The SMILES string of the molecule is Oc1cc(N2CCc3c(nc(OCC45CCCN4CCC5)c4c3N3CC5CCC(N5)C3CO4)C2)c2c(Cl)cccc2c1. The zero-order valence-electron chi connectivity index (χ0n) is 23.9. The Morgan fingerprint density at radius 2 is 2.02 bits per heavy atom. The zero-order valence-corrected chi connectivity index (χ0v) is 24.7. The van der Waals surface area contributed by atoms with Crippen LogP contribution in [0.5, 0.6) is 17.4 Å². The second kappa shape index (κ2) is 9.53. The standard InChI is InChI=1S/C33H38ClN5O3/c34-24-5-1-4-20-14-22(40)15-27(29(20)24)37-13-8-23-26(17-37)36-32(42-19-33-9-2-11-38(33)12-3-10-33)31-30(23)39-16-21-6-7-25(35-21)28(39)18-41-31/h1,4-5,14-15,21,25,28,35,40H,2-3,6-13,16-19H2. The van der Waals surface area contributed by atoms with Crippen LogP contribution in [0.15, 0.2) is 30.3 Å². The molecule has 4 fully saturated rings. The van der Waals surface area contributed by atoms with Crippen molar-refractivity contribution < 1.29 is 14.6 Å². The summed E-state index contributed by atoms with van der Waals surface area (Å²) in [4.78, 5) is 12.8. The molecule has 2 aromatic carbocycles. The van der Waals surface area contributed by atoms with E-state index in [1.165, 1.54) is 62.9 Å². The first-order chi connectivity index (χ1) is 20.6. The average Bonchev–Trinajstić information content (AvgIpc) is 3.69. The van der Waals surface area contributed by atoms with Crippen molar-refractivity contribution in [3.63, 3.8) is 0 Å². The third-order valence-electron chi connectivity index (χ3n) is 11.0. The van der Waals surface area contributed by atoms with Crippen LogP contribution in [0.2, 0.25) is 5.02 Å². The van der Waals surface area contributed by atoms with E-state index in [0.29, 0.717) is 48.8 Å². The molecule has 8 nitrogen and oxygen atoms in total. The molecule has 220 valence electrons. The number of fused-ring (bicyclic) bond motifs is 10. The third-order valence-corrected chi connectivity index (χ3v) is 11.3. The summed E-state index contributed by atoms with van der Waals surface area (Å²) in [5.41, 5.74) is 4.64. The minimum absolute atomic E-state index is 0.138. The Kier molecular flexibility index (Phi) is 5.80. The van der Waals surface area contributed by atoms with Crippen LogP contribution >= 0.6 is 11.6 Å². The smallest absolute Gasteiger partial charge is 0.259 e. The van der Waals surface area contributed by atoms with Crippen molar-refractivity contribution in [2.24, 2.45) is 0 Å². The Balaban J connectivity index is 1.13. The minimum atomic E-state index is 0.138. The molecule has 9 heteroatoms. The summed E-state index contributed by atoms with van der Waals surface area (Å²) in [6, 6.07) is 10.8. The maximum atomic E-state index is 10.6. The number of rotatable bonds is 4. The van der Waals surface area contributed by atoms with Crippen molar-refractivity contribution in [3.05, 3.63) is 46.6 Å². The van der Waals surface area contributed by atoms with Gasteiger partial charge in [0.2, 0.25) is 5.75 Å². The molecule has 3 atom stereocenters. The summed E-state index contributed by atoms with van der Waals surface area (Å²) >= 11 is 6.73. The van der Waals surface area contributed by atoms with Gasteiger partial charge < -0.3 is 29.7 Å². The second-order valence-corrected chi connectivity index (χ2v) is 13.7. The highest BCUT2D eigenvalue weighted by atomic mass is 35.5. The van der Waals surface area contributed by atoms with Gasteiger partial charge in [0.1, 0.15) is 19.0 Å². The molecule has 6 aliphatic heterocycles. The number of phenols is 1. The van der Waals surface area contributed by atoms with Gasteiger partial charge in [0.05, 0.1) is 40.2 Å². The van der Waals surface area contributed by atoms with E-state index in [1.807, 2.05) is 24.3 Å². The van der Waals surface area contributed by atoms with E-state index < -0.39 is 0 Å². The van der Waals surface area contributed by atoms with E-state index in [9.17, 15) is 5.11 Å². The molecule has 0 amide bonds. The Morgan fingerprint density at radius 3 is 2.90 bits per heavy atom. The van der Waals surface area contributed by atoms with E-state index in [-0.39, 0.29) is 11.3 Å². The Labute approximate surface area is 251 Å². The van der Waals surface area contributed by atoms with E-state index in [1.54, 1.807) is 6.07 Å². The lowest BCUT2D eigenvalue weighted by molar-refractivity contribution is 0.105. The van der Waals surface area contributed by atoms with Crippen LogP contribution in [0.3, 0.4) is 0 Å². The number of aromatic nitrogens is 1. The summed E-state index contributed by atoms with van der Waals surface area (Å²) in [6.45, 7) is 6.14. The molecule has 9 rings (SSSR count). The van der Waals surface area contributed by atoms with Gasteiger partial charge in [-0.3, -0.25) is 4.90 Å². The first-order valence-electron chi connectivity index (χ1n) is 15.8. The molecular formula is C33H38ClN5O3. The van der Waals surface area contributed by atoms with Crippen molar-refractivity contribution in [1.29, 1.82) is 0 Å². The summed E-state index contributed by atoms with van der Waals surface area (Å²) in [7, 11) is 0. The molecule has 0 saturated carbocycles. The summed E-state index contributed by atoms with van der Waals surface area (Å²) in [5.74, 6) is 1.75. The van der Waals surface area contributed by atoms with Crippen molar-refractivity contribution >= 4 is 33.7 Å². The maximum absolute atomic E-state index is 10.6. The Morgan fingerprint density at radius 1 is 1.14 bits per heavy atom. The third kappa shape index (κ3) is 3.84. The van der Waals surface area contributed by atoms with Gasteiger partial charge >= 0.3 is 0 Å². The van der Waals surface area contributed by atoms with Gasteiger partial charge in [0, 0.05) is 42.2 Å². The first kappa shape index (κ1) is 25.5. The first-order valence-corrected chi connectivity index (χ1v) is 16.2. The fraction of sp³-hybridized carbons (Fsp3) is 0.545. The lowest BCUT2D eigenvalue weighted by atomic mass is 9.95. The van der Waals surface area contributed by atoms with Gasteiger partial charge in [-0.2, -0.15) is 0 Å². The minimum Gasteiger partial charge on any atom is -0.508 e. The van der Waals surface area contributed by atoms with Gasteiger partial charge in [-0.15, -0.1) is 0 Å². The number of halogens is 1. The molecule has 4 saturated heterocycles. The fourth-order valence-electron chi connectivity index (χ4n) is 9.03. The Hall–Kier alpha value is -2.94. The molecule has 0 spiro atoms. The normalized spacial score (nSPS) is 27.4. The van der Waals surface area contributed by atoms with Crippen LogP contribution in [0.25, 0.3) is 10.8 Å². The molecule has 7 heterocycles. The monoisotopic (exact) mass is 587 g/mol. The molecule has 1 aromatic heterocycles. The molecule has 3 unspecified atom stereocenters. The van der Waals surface area contributed by atoms with E-state index >= 15 is 0 Å². The van der Waals surface area contributed by atoms with Crippen LogP contribution in [0.4, 0.5) is 11.4 Å². The second-order valence-electron chi connectivity index (χ2n) is 13.3. The van der Waals surface area contributed by atoms with Gasteiger partial charge in [-0.1, -0.05) is 23.7 Å². The number of anilines is 2. The number of nitrogens with zero attached hydrogens (tertiary/aromatic N) is 4. The number of phenolic OH excluding ortho intramolecular Hbond substituents is 1. The maximum Gasteiger partial charge on any atom is 0.259 e. The highest BCUT2D eigenvalue weighted by Gasteiger charge is 2.48. The van der Waals surface area contributed by atoms with Crippen LogP contribution in [-0.4, -0.2) is 78.0 Å². The number of piperazine rings is 1. The molecule has 2 N–H and O–H groups in total. The van der Waals surface area contributed by atoms with E-state index in [4.69, 9.17) is 26.1 Å². The van der Waals surface area contributed by atoms with Crippen molar-refractivity contribution in [2.45, 2.75) is 75.2 Å². The fourth-order valence-corrected chi connectivity index (χ4v) is 9.31. The lowest BCUT2D eigenvalue weighted by Gasteiger charge is -2.47. The number of benzene rings is 2. The molecule has 0 radical (unpaired) electrons. The van der Waals surface area contributed by atoms with Gasteiger partial charge in [0.25, 0.3) is 5.88 Å². The molecule has 2 bridgehead atoms. The van der Waals surface area contributed by atoms with Gasteiger partial charge in [-0.25, -0.2) is 4.98 Å². The molecule has 42 heavy (non-hydrogen) atoms. The van der Waals surface area contributed by atoms with Gasteiger partial charge in [-0.05, 0) is 75.6 Å². The number of pyridine rings is 1. The number of ether oxygens (including phenoxy) is 2. The molecule has 0 aliphatic carbocycles. The zero-order chi connectivity index (χ0) is 28.0. The van der Waals surface area contributed by atoms with Crippen molar-refractivity contribution in [1.82, 2.24) is 15.2 Å². The predicted molar refractivity (Wildman–Crippen MR) is 164 cm³/mol. The number of hydrogen-bond donors (Lipinski definition) is 2. The number of nitrogens with one attached hydrogen (secondary N) is 1. The van der Waals surface area contributed by atoms with Crippen molar-refractivity contribution in [3.8, 4) is 17.4 Å². The van der Waals surface area contributed by atoms with E-state index in [2.05, 4.69) is 20.0 Å². The highest BCUT2D eigenvalue weighted by Crippen LogP contribution is 2.50. The lowest BCUT2D eigenvalue weighted by Crippen LogP contribution is -2.62. The van der Waals surface area contributed by atoms with Crippen LogP contribution in [-0.2, 0) is 13.0 Å². The number of hydrogen-bond acceptors (Lipinski definition) is 8. The van der Waals surface area contributed by atoms with E-state index in [0.717, 1.165) is 47.4 Å². The van der Waals surface area contributed by atoms with Crippen LogP contribution < -0.4 is 24.6 Å². The Bertz CT molecular complexity index is 1570. The molecular weight excluding hydrogens is 550 g/mol. The molecule has 6 aliphatic rings. The molecule has 3 aromatic rings. The van der Waals surface area contributed by atoms with Crippen LogP contribution in [0.1, 0.15) is 49.8 Å². The quantitative estimate of drug-likeness (QED) is 0.448. The largest absolute Gasteiger partial charge is 0.508 e. The highest BCUT2D eigenvalue weighted by molar-refractivity contribution is 6.36. The number of aromatic hydroxyl groups is 1.